The number of hydrogen-bond acceptors (Lipinski definition) is 3. The predicted octanol–water partition coefficient (Wildman–Crippen LogP) is 2.77. The van der Waals surface area contributed by atoms with Crippen molar-refractivity contribution in [2.24, 2.45) is 5.92 Å². The number of nitrogens with one attached hydrogen (secondary N) is 1. The Kier molecular flexibility index (Phi) is 5.88. The van der Waals surface area contributed by atoms with Gasteiger partial charge in [-0.05, 0) is 43.7 Å². The lowest BCUT2D eigenvalue weighted by Gasteiger charge is -2.22. The molecule has 0 bridgehead atoms. The van der Waals surface area contributed by atoms with Gasteiger partial charge < -0.3 is 15.2 Å². The van der Waals surface area contributed by atoms with E-state index in [4.69, 9.17) is 21.4 Å². The molecular formula is C16H22ClNO3. The van der Waals surface area contributed by atoms with E-state index in [1.54, 1.807) is 12.1 Å². The van der Waals surface area contributed by atoms with Gasteiger partial charge in [0.15, 0.2) is 6.10 Å². The van der Waals surface area contributed by atoms with Gasteiger partial charge >= 0.3 is 0 Å². The van der Waals surface area contributed by atoms with Crippen LogP contribution in [0.25, 0.3) is 0 Å². The van der Waals surface area contributed by atoms with Gasteiger partial charge in [0.2, 0.25) is 0 Å². The maximum atomic E-state index is 12.3. The van der Waals surface area contributed by atoms with Crippen molar-refractivity contribution in [2.75, 3.05) is 6.61 Å². The largest absolute Gasteiger partial charge is 0.479 e. The molecule has 0 heterocycles. The summed E-state index contributed by atoms with van der Waals surface area (Å²) >= 11 is 6.06. The smallest absolute Gasteiger partial charge is 0.261 e. The number of benzene rings is 1. The molecule has 0 aliphatic heterocycles. The molecule has 1 aliphatic rings. The van der Waals surface area contributed by atoms with Crippen molar-refractivity contribution in [1.29, 1.82) is 0 Å². The minimum Gasteiger partial charge on any atom is -0.479 e. The molecule has 2 N–H and O–H groups in total. The highest BCUT2D eigenvalue weighted by molar-refractivity contribution is 6.32. The van der Waals surface area contributed by atoms with E-state index in [1.165, 1.54) is 0 Å². The Morgan fingerprint density at radius 2 is 2.19 bits per heavy atom. The highest BCUT2D eigenvalue weighted by Crippen LogP contribution is 2.34. The summed E-state index contributed by atoms with van der Waals surface area (Å²) in [4.78, 5) is 12.3. The molecule has 0 aromatic heterocycles. The van der Waals surface area contributed by atoms with Crippen LogP contribution in [0.2, 0.25) is 5.02 Å². The second-order valence-corrected chi connectivity index (χ2v) is 5.82. The van der Waals surface area contributed by atoms with Crippen LogP contribution < -0.4 is 10.1 Å². The van der Waals surface area contributed by atoms with E-state index in [1.807, 2.05) is 19.1 Å². The van der Waals surface area contributed by atoms with Crippen LogP contribution >= 0.6 is 11.6 Å². The van der Waals surface area contributed by atoms with E-state index < -0.39 is 6.10 Å². The van der Waals surface area contributed by atoms with E-state index in [-0.39, 0.29) is 18.6 Å². The topological polar surface area (TPSA) is 58.6 Å². The highest BCUT2D eigenvalue weighted by Gasteiger charge is 2.33. The van der Waals surface area contributed by atoms with Gasteiger partial charge in [-0.3, -0.25) is 4.79 Å². The van der Waals surface area contributed by atoms with Crippen LogP contribution in [0, 0.1) is 5.92 Å². The van der Waals surface area contributed by atoms with Crippen LogP contribution in [0.15, 0.2) is 24.3 Å². The normalized spacial score (nSPS) is 17.1. The number of halogens is 1. The molecule has 0 radical (unpaired) electrons. The van der Waals surface area contributed by atoms with Crippen molar-refractivity contribution < 1.29 is 14.6 Å². The second-order valence-electron chi connectivity index (χ2n) is 5.41. The monoisotopic (exact) mass is 311 g/mol. The summed E-state index contributed by atoms with van der Waals surface area (Å²) in [6.07, 6.45) is 2.83. The summed E-state index contributed by atoms with van der Waals surface area (Å²) in [5.41, 5.74) is 0. The number of para-hydroxylation sites is 1. The number of aliphatic hydroxyl groups is 1. The quantitative estimate of drug-likeness (QED) is 0.776. The molecular weight excluding hydrogens is 290 g/mol. The fraction of sp³-hybridized carbons (Fsp3) is 0.562. The Labute approximate surface area is 130 Å². The standard InChI is InChI=1S/C16H22ClNO3/c1-2-14(21-15-6-4-3-5-12(15)17)16(20)18-13(9-10-19)11-7-8-11/h3-6,11,13-14,19H,2,7-10H2,1H3,(H,18,20). The zero-order valence-corrected chi connectivity index (χ0v) is 13.0. The van der Waals surface area contributed by atoms with E-state index in [0.717, 1.165) is 12.8 Å². The third-order valence-electron chi connectivity index (χ3n) is 3.73. The molecule has 2 atom stereocenters. The van der Waals surface area contributed by atoms with Crippen molar-refractivity contribution in [3.05, 3.63) is 29.3 Å². The van der Waals surface area contributed by atoms with Crippen molar-refractivity contribution >= 4 is 17.5 Å². The van der Waals surface area contributed by atoms with Crippen LogP contribution in [0.4, 0.5) is 0 Å². The van der Waals surface area contributed by atoms with Gasteiger partial charge in [0.25, 0.3) is 5.91 Å². The number of ether oxygens (including phenoxy) is 1. The zero-order valence-electron chi connectivity index (χ0n) is 12.2. The number of carbonyl (C=O) groups excluding carboxylic acids is 1. The van der Waals surface area contributed by atoms with Crippen LogP contribution in [-0.4, -0.2) is 29.8 Å². The first-order valence-electron chi connectivity index (χ1n) is 7.48. The fourth-order valence-electron chi connectivity index (χ4n) is 2.35. The lowest BCUT2D eigenvalue weighted by Crippen LogP contribution is -2.45. The molecule has 2 unspecified atom stereocenters. The molecule has 116 valence electrons. The Morgan fingerprint density at radius 3 is 2.76 bits per heavy atom. The summed E-state index contributed by atoms with van der Waals surface area (Å²) in [7, 11) is 0. The zero-order chi connectivity index (χ0) is 15.2. The third kappa shape index (κ3) is 4.61. The average molecular weight is 312 g/mol. The Balaban J connectivity index is 1.96. The van der Waals surface area contributed by atoms with Crippen molar-refractivity contribution in [3.63, 3.8) is 0 Å². The fourth-order valence-corrected chi connectivity index (χ4v) is 2.54. The van der Waals surface area contributed by atoms with Gasteiger partial charge in [-0.25, -0.2) is 0 Å². The van der Waals surface area contributed by atoms with Gasteiger partial charge in [0, 0.05) is 12.6 Å². The van der Waals surface area contributed by atoms with Gasteiger partial charge in [0.05, 0.1) is 5.02 Å². The van der Waals surface area contributed by atoms with Crippen molar-refractivity contribution in [3.8, 4) is 5.75 Å². The van der Waals surface area contributed by atoms with Crippen LogP contribution in [0.3, 0.4) is 0 Å². The number of aliphatic hydroxyl groups excluding tert-OH is 1. The minimum absolute atomic E-state index is 0.0476. The Bertz CT molecular complexity index is 476. The van der Waals surface area contributed by atoms with Gasteiger partial charge in [-0.1, -0.05) is 30.7 Å². The Hall–Kier alpha value is -1.26. The number of rotatable bonds is 8. The third-order valence-corrected chi connectivity index (χ3v) is 4.04. The average Bonchev–Trinajstić information content (AvgIpc) is 3.30. The molecule has 1 aromatic carbocycles. The van der Waals surface area contributed by atoms with E-state index in [9.17, 15) is 4.79 Å². The van der Waals surface area contributed by atoms with Crippen LogP contribution in [0.1, 0.15) is 32.6 Å². The second kappa shape index (κ2) is 7.66. The number of carbonyl (C=O) groups is 1. The maximum absolute atomic E-state index is 12.3. The van der Waals surface area contributed by atoms with Crippen molar-refractivity contribution in [2.45, 2.75) is 44.8 Å². The highest BCUT2D eigenvalue weighted by atomic mass is 35.5. The molecule has 1 amide bonds. The predicted molar refractivity (Wildman–Crippen MR) is 82.5 cm³/mol. The molecule has 0 saturated heterocycles. The van der Waals surface area contributed by atoms with Gasteiger partial charge in [0.1, 0.15) is 5.75 Å². The first-order valence-corrected chi connectivity index (χ1v) is 7.86. The van der Waals surface area contributed by atoms with E-state index in [2.05, 4.69) is 5.32 Å². The molecule has 5 heteroatoms. The van der Waals surface area contributed by atoms with E-state index >= 15 is 0 Å². The molecule has 4 nitrogen and oxygen atoms in total. The van der Waals surface area contributed by atoms with Crippen molar-refractivity contribution in [1.82, 2.24) is 5.32 Å². The van der Waals surface area contributed by atoms with Gasteiger partial charge in [-0.15, -0.1) is 0 Å². The lowest BCUT2D eigenvalue weighted by molar-refractivity contribution is -0.129. The summed E-state index contributed by atoms with van der Waals surface area (Å²) in [6, 6.07) is 7.18. The minimum atomic E-state index is -0.565. The van der Waals surface area contributed by atoms with Crippen LogP contribution in [0.5, 0.6) is 5.75 Å². The molecule has 1 aliphatic carbocycles. The summed E-state index contributed by atoms with van der Waals surface area (Å²) in [5, 5.41) is 12.6. The summed E-state index contributed by atoms with van der Waals surface area (Å²) in [6.45, 7) is 1.99. The molecule has 1 saturated carbocycles. The molecule has 21 heavy (non-hydrogen) atoms. The maximum Gasteiger partial charge on any atom is 0.261 e. The number of amides is 1. The first kappa shape index (κ1) is 16.1. The first-order chi connectivity index (χ1) is 10.2. The van der Waals surface area contributed by atoms with E-state index in [0.29, 0.717) is 29.5 Å². The van der Waals surface area contributed by atoms with Gasteiger partial charge in [-0.2, -0.15) is 0 Å². The number of hydrogen-bond donors (Lipinski definition) is 2. The summed E-state index contributed by atoms with van der Waals surface area (Å²) < 4.78 is 5.73. The summed E-state index contributed by atoms with van der Waals surface area (Å²) in [5.74, 6) is 0.882. The molecule has 0 spiro atoms. The Morgan fingerprint density at radius 1 is 1.48 bits per heavy atom. The molecule has 2 rings (SSSR count). The molecule has 1 aromatic rings. The van der Waals surface area contributed by atoms with Crippen LogP contribution in [-0.2, 0) is 4.79 Å². The SMILES string of the molecule is CCC(Oc1ccccc1Cl)C(=O)NC(CCO)C1CC1. The molecule has 1 fully saturated rings. The lowest BCUT2D eigenvalue weighted by atomic mass is 10.1.